The maximum absolute atomic E-state index is 12.1. The molecule has 0 aliphatic carbocycles. The van der Waals surface area contributed by atoms with Crippen molar-refractivity contribution in [2.45, 2.75) is 51.4 Å². The fraction of sp³-hybridized carbons (Fsp3) is 0.833. The number of carboxylic acid groups (broad SMARTS) is 1. The van der Waals surface area contributed by atoms with Crippen molar-refractivity contribution in [2.24, 2.45) is 5.73 Å². The first-order chi connectivity index (χ1) is 8.02. The first kappa shape index (κ1) is 14.9. The third-order valence-electron chi connectivity index (χ3n) is 2.72. The molecule has 18 heavy (non-hydrogen) atoms. The van der Waals surface area contributed by atoms with Gasteiger partial charge in [0.15, 0.2) is 0 Å². The van der Waals surface area contributed by atoms with Gasteiger partial charge < -0.3 is 20.5 Å². The summed E-state index contributed by atoms with van der Waals surface area (Å²) >= 11 is 0. The Hall–Kier alpha value is -1.14. The minimum absolute atomic E-state index is 0.332. The van der Waals surface area contributed by atoms with Crippen LogP contribution in [0.1, 0.15) is 34.1 Å². The smallest absolute Gasteiger partial charge is 0.305 e. The van der Waals surface area contributed by atoms with Gasteiger partial charge in [-0.05, 0) is 27.7 Å². The van der Waals surface area contributed by atoms with Crippen molar-refractivity contribution in [3.8, 4) is 0 Å². The van der Waals surface area contributed by atoms with Gasteiger partial charge in [0.05, 0.1) is 23.7 Å². The normalized spacial score (nSPS) is 23.5. The molecule has 0 bridgehead atoms. The molecule has 0 aromatic heterocycles. The summed E-state index contributed by atoms with van der Waals surface area (Å²) in [4.78, 5) is 24.3. The van der Waals surface area contributed by atoms with Crippen LogP contribution >= 0.6 is 0 Å². The molecular weight excluding hydrogens is 236 g/mol. The van der Waals surface area contributed by atoms with Crippen LogP contribution in [-0.2, 0) is 14.3 Å². The Kier molecular flexibility index (Phi) is 4.02. The predicted molar refractivity (Wildman–Crippen MR) is 66.1 cm³/mol. The summed E-state index contributed by atoms with van der Waals surface area (Å²) in [5, 5.41) is 8.66. The number of nitrogens with zero attached hydrogens (tertiary/aromatic N) is 1. The van der Waals surface area contributed by atoms with E-state index in [1.54, 1.807) is 4.90 Å². The molecular formula is C12H22N2O4. The Labute approximate surface area is 107 Å². The number of carbonyl (C=O) groups is 2. The highest BCUT2D eigenvalue weighted by molar-refractivity contribution is 5.86. The van der Waals surface area contributed by atoms with Gasteiger partial charge in [-0.1, -0.05) is 0 Å². The largest absolute Gasteiger partial charge is 0.481 e. The monoisotopic (exact) mass is 258 g/mol. The van der Waals surface area contributed by atoms with Gasteiger partial charge in [0.1, 0.15) is 0 Å². The van der Waals surface area contributed by atoms with E-state index in [9.17, 15) is 9.59 Å². The summed E-state index contributed by atoms with van der Waals surface area (Å²) in [6.07, 6.45) is -0.350. The fourth-order valence-corrected chi connectivity index (χ4v) is 2.45. The van der Waals surface area contributed by atoms with Crippen molar-refractivity contribution in [1.82, 2.24) is 4.90 Å². The van der Waals surface area contributed by atoms with Gasteiger partial charge in [-0.3, -0.25) is 9.59 Å². The molecule has 6 nitrogen and oxygen atoms in total. The third kappa shape index (κ3) is 3.96. The summed E-state index contributed by atoms with van der Waals surface area (Å²) in [6.45, 7) is 8.44. The van der Waals surface area contributed by atoms with E-state index in [0.29, 0.717) is 13.1 Å². The SMILES string of the molecule is CC1(C)CN(C(=O)C(N)CC(=O)O)CC(C)(C)O1. The minimum Gasteiger partial charge on any atom is -0.481 e. The molecule has 0 aromatic carbocycles. The van der Waals surface area contributed by atoms with Crippen LogP contribution in [0.5, 0.6) is 0 Å². The fourth-order valence-electron chi connectivity index (χ4n) is 2.45. The zero-order valence-corrected chi connectivity index (χ0v) is 11.4. The second-order valence-corrected chi connectivity index (χ2v) is 6.02. The highest BCUT2D eigenvalue weighted by Crippen LogP contribution is 2.28. The molecule has 1 unspecified atom stereocenters. The van der Waals surface area contributed by atoms with E-state index in [1.807, 2.05) is 27.7 Å². The number of amides is 1. The van der Waals surface area contributed by atoms with E-state index in [-0.39, 0.29) is 12.3 Å². The quantitative estimate of drug-likeness (QED) is 0.754. The molecule has 1 atom stereocenters. The molecule has 0 saturated carbocycles. The van der Waals surface area contributed by atoms with Crippen molar-refractivity contribution in [3.63, 3.8) is 0 Å². The summed E-state index contributed by atoms with van der Waals surface area (Å²) in [5.41, 5.74) is 4.70. The summed E-state index contributed by atoms with van der Waals surface area (Å²) in [5.74, 6) is -1.40. The van der Waals surface area contributed by atoms with E-state index in [4.69, 9.17) is 15.6 Å². The van der Waals surface area contributed by atoms with Crippen LogP contribution in [0.3, 0.4) is 0 Å². The predicted octanol–water partition coefficient (Wildman–Crippen LogP) is 0.204. The number of rotatable bonds is 3. The average Bonchev–Trinajstić information content (AvgIpc) is 2.10. The zero-order valence-electron chi connectivity index (χ0n) is 11.4. The number of nitrogens with two attached hydrogens (primary N) is 1. The van der Waals surface area contributed by atoms with Crippen LogP contribution in [-0.4, -0.2) is 52.2 Å². The number of aliphatic carboxylic acids is 1. The third-order valence-corrected chi connectivity index (χ3v) is 2.72. The Morgan fingerprint density at radius 2 is 1.72 bits per heavy atom. The van der Waals surface area contributed by atoms with Gasteiger partial charge in [-0.25, -0.2) is 0 Å². The number of ether oxygens (including phenoxy) is 1. The molecule has 1 fully saturated rings. The van der Waals surface area contributed by atoms with Gasteiger partial charge in [-0.2, -0.15) is 0 Å². The van der Waals surface area contributed by atoms with Crippen molar-refractivity contribution >= 4 is 11.9 Å². The summed E-state index contributed by atoms with van der Waals surface area (Å²) in [7, 11) is 0. The van der Waals surface area contributed by atoms with Crippen molar-refractivity contribution < 1.29 is 19.4 Å². The average molecular weight is 258 g/mol. The first-order valence-corrected chi connectivity index (χ1v) is 5.99. The summed E-state index contributed by atoms with van der Waals surface area (Å²) in [6, 6.07) is -0.993. The van der Waals surface area contributed by atoms with Crippen LogP contribution in [0.2, 0.25) is 0 Å². The molecule has 1 rings (SSSR count). The van der Waals surface area contributed by atoms with E-state index < -0.39 is 23.2 Å². The second-order valence-electron chi connectivity index (χ2n) is 6.02. The minimum atomic E-state index is -1.07. The molecule has 1 aliphatic rings. The van der Waals surface area contributed by atoms with Crippen LogP contribution < -0.4 is 5.73 Å². The van der Waals surface area contributed by atoms with Gasteiger partial charge in [0, 0.05) is 13.1 Å². The first-order valence-electron chi connectivity index (χ1n) is 5.99. The van der Waals surface area contributed by atoms with Gasteiger partial charge in [-0.15, -0.1) is 0 Å². The molecule has 1 heterocycles. The zero-order chi connectivity index (χ0) is 14.1. The van der Waals surface area contributed by atoms with Crippen molar-refractivity contribution in [2.75, 3.05) is 13.1 Å². The molecule has 0 spiro atoms. The Morgan fingerprint density at radius 3 is 2.11 bits per heavy atom. The Balaban J connectivity index is 2.76. The number of carbonyl (C=O) groups excluding carboxylic acids is 1. The lowest BCUT2D eigenvalue weighted by Crippen LogP contribution is -2.61. The Bertz CT molecular complexity index is 336. The lowest BCUT2D eigenvalue weighted by Gasteiger charge is -2.47. The summed E-state index contributed by atoms with van der Waals surface area (Å²) < 4.78 is 5.85. The molecule has 1 amide bonds. The molecule has 1 saturated heterocycles. The molecule has 3 N–H and O–H groups in total. The van der Waals surface area contributed by atoms with Crippen LogP contribution in [0.15, 0.2) is 0 Å². The van der Waals surface area contributed by atoms with E-state index in [2.05, 4.69) is 0 Å². The molecule has 0 aromatic rings. The molecule has 104 valence electrons. The molecule has 1 aliphatic heterocycles. The number of morpholine rings is 1. The van der Waals surface area contributed by atoms with Crippen LogP contribution in [0.25, 0.3) is 0 Å². The van der Waals surface area contributed by atoms with Gasteiger partial charge in [0.25, 0.3) is 0 Å². The van der Waals surface area contributed by atoms with Crippen molar-refractivity contribution in [3.05, 3.63) is 0 Å². The van der Waals surface area contributed by atoms with Crippen LogP contribution in [0.4, 0.5) is 0 Å². The lowest BCUT2D eigenvalue weighted by molar-refractivity contribution is -0.188. The standard InChI is InChI=1S/C12H22N2O4/c1-11(2)6-14(7-12(3,4)18-11)10(17)8(13)5-9(15)16/h8H,5-7,13H2,1-4H3,(H,15,16). The van der Waals surface area contributed by atoms with Crippen molar-refractivity contribution in [1.29, 1.82) is 0 Å². The molecule has 0 radical (unpaired) electrons. The highest BCUT2D eigenvalue weighted by atomic mass is 16.5. The van der Waals surface area contributed by atoms with E-state index in [0.717, 1.165) is 0 Å². The second kappa shape index (κ2) is 4.85. The van der Waals surface area contributed by atoms with Gasteiger partial charge >= 0.3 is 5.97 Å². The number of hydrogen-bond donors (Lipinski definition) is 2. The Morgan fingerprint density at radius 1 is 1.28 bits per heavy atom. The number of carboxylic acids is 1. The topological polar surface area (TPSA) is 92.9 Å². The van der Waals surface area contributed by atoms with E-state index >= 15 is 0 Å². The highest BCUT2D eigenvalue weighted by Gasteiger charge is 2.41. The maximum atomic E-state index is 12.1. The molecule has 6 heteroatoms. The van der Waals surface area contributed by atoms with Crippen LogP contribution in [0, 0.1) is 0 Å². The maximum Gasteiger partial charge on any atom is 0.305 e. The van der Waals surface area contributed by atoms with Gasteiger partial charge in [0.2, 0.25) is 5.91 Å². The lowest BCUT2D eigenvalue weighted by atomic mass is 9.98. The number of hydrogen-bond acceptors (Lipinski definition) is 4. The van der Waals surface area contributed by atoms with E-state index in [1.165, 1.54) is 0 Å².